The first-order chi connectivity index (χ1) is 11.9. The molecule has 1 aromatic carbocycles. The second-order valence-corrected chi connectivity index (χ2v) is 7.30. The molecule has 0 radical (unpaired) electrons. The maximum absolute atomic E-state index is 13.8. The quantitative estimate of drug-likeness (QED) is 0.582. The minimum Gasteiger partial charge on any atom is -0.476 e. The van der Waals surface area contributed by atoms with Crippen LogP contribution in [0.4, 0.5) is 4.39 Å². The first kappa shape index (κ1) is 18.2. The van der Waals surface area contributed by atoms with Crippen LogP contribution < -0.4 is 0 Å². The van der Waals surface area contributed by atoms with E-state index >= 15 is 0 Å². The van der Waals surface area contributed by atoms with Gasteiger partial charge in [0.25, 0.3) is 0 Å². The van der Waals surface area contributed by atoms with Crippen molar-refractivity contribution in [3.63, 3.8) is 0 Å². The second kappa shape index (κ2) is 7.32. The van der Waals surface area contributed by atoms with E-state index in [1.54, 1.807) is 10.6 Å². The zero-order chi connectivity index (χ0) is 18.1. The molecule has 0 bridgehead atoms. The van der Waals surface area contributed by atoms with E-state index in [9.17, 15) is 14.3 Å². The van der Waals surface area contributed by atoms with Gasteiger partial charge < -0.3 is 9.67 Å². The van der Waals surface area contributed by atoms with Crippen LogP contribution in [0.5, 0.6) is 0 Å². The van der Waals surface area contributed by atoms with Crippen LogP contribution in [0.3, 0.4) is 0 Å². The molecule has 0 aliphatic heterocycles. The molecule has 0 aliphatic carbocycles. The van der Waals surface area contributed by atoms with Crippen LogP contribution in [-0.4, -0.2) is 20.6 Å². The highest BCUT2D eigenvalue weighted by molar-refractivity contribution is 7.17. The lowest BCUT2D eigenvalue weighted by Gasteiger charge is -2.10. The highest BCUT2D eigenvalue weighted by atomic mass is 35.5. The molecule has 0 spiro atoms. The molecule has 0 aliphatic rings. The smallest absolute Gasteiger partial charge is 0.355 e. The van der Waals surface area contributed by atoms with E-state index in [4.69, 9.17) is 23.2 Å². The van der Waals surface area contributed by atoms with Gasteiger partial charge in [0.2, 0.25) is 0 Å². The summed E-state index contributed by atoms with van der Waals surface area (Å²) >= 11 is 13.6. The Morgan fingerprint density at radius 3 is 2.84 bits per heavy atom. The summed E-state index contributed by atoms with van der Waals surface area (Å²) < 4.78 is 16.3. The summed E-state index contributed by atoms with van der Waals surface area (Å²) in [5.74, 6) is -1.03. The van der Waals surface area contributed by atoms with Gasteiger partial charge >= 0.3 is 5.97 Å². The molecule has 3 rings (SSSR count). The van der Waals surface area contributed by atoms with Gasteiger partial charge in [-0.2, -0.15) is 0 Å². The van der Waals surface area contributed by atoms with Crippen LogP contribution in [-0.2, 0) is 13.0 Å². The number of carboxylic acid groups (broad SMARTS) is 1. The number of carboxylic acids is 1. The third kappa shape index (κ3) is 3.38. The lowest BCUT2D eigenvalue weighted by molar-refractivity contribution is 0.0685. The Labute approximate surface area is 157 Å². The molecule has 2 heterocycles. The number of nitrogens with zero attached hydrogens (tertiary/aromatic N) is 2. The topological polar surface area (TPSA) is 55.1 Å². The molecule has 25 heavy (non-hydrogen) atoms. The molecular formula is C17H15Cl2FN2O2S. The Balaban J connectivity index is 2.11. The van der Waals surface area contributed by atoms with E-state index in [2.05, 4.69) is 4.98 Å². The number of aryl methyl sites for hydroxylation is 1. The first-order valence-electron chi connectivity index (χ1n) is 7.76. The Morgan fingerprint density at radius 1 is 1.40 bits per heavy atom. The Kier molecular flexibility index (Phi) is 5.32. The maximum atomic E-state index is 13.8. The fourth-order valence-corrected chi connectivity index (χ4v) is 4.36. The number of hydrogen-bond acceptors (Lipinski definition) is 3. The summed E-state index contributed by atoms with van der Waals surface area (Å²) in [6.07, 6.45) is 2.44. The Morgan fingerprint density at radius 2 is 2.16 bits per heavy atom. The molecule has 0 amide bonds. The summed E-state index contributed by atoms with van der Waals surface area (Å²) in [5.41, 5.74) is 0.693. The van der Waals surface area contributed by atoms with Crippen LogP contribution in [0.25, 0.3) is 10.1 Å². The molecule has 0 atom stereocenters. The predicted molar refractivity (Wildman–Crippen MR) is 98.7 cm³/mol. The number of halogens is 3. The van der Waals surface area contributed by atoms with Gasteiger partial charge in [-0.25, -0.2) is 14.2 Å². The number of carbonyl (C=O) groups is 1. The minimum atomic E-state index is -1.14. The van der Waals surface area contributed by atoms with E-state index in [1.807, 2.05) is 12.3 Å². The fraction of sp³-hybridized carbons (Fsp3) is 0.294. The zero-order valence-corrected chi connectivity index (χ0v) is 15.7. The van der Waals surface area contributed by atoms with Crippen molar-refractivity contribution in [3.05, 3.63) is 50.6 Å². The van der Waals surface area contributed by atoms with Crippen molar-refractivity contribution in [1.82, 2.24) is 9.55 Å². The van der Waals surface area contributed by atoms with Crippen molar-refractivity contribution in [2.45, 2.75) is 32.7 Å². The first-order valence-corrected chi connectivity index (χ1v) is 9.39. The van der Waals surface area contributed by atoms with Gasteiger partial charge in [-0.1, -0.05) is 36.5 Å². The number of rotatable bonds is 6. The van der Waals surface area contributed by atoms with Crippen molar-refractivity contribution in [3.8, 4) is 0 Å². The van der Waals surface area contributed by atoms with Gasteiger partial charge in [0, 0.05) is 16.5 Å². The van der Waals surface area contributed by atoms with Gasteiger partial charge in [0.15, 0.2) is 10.8 Å². The molecule has 2 aromatic heterocycles. The number of fused-ring (bicyclic) bond motifs is 1. The number of unbranched alkanes of at least 4 members (excludes halogenated alkanes) is 1. The van der Waals surface area contributed by atoms with Gasteiger partial charge in [0.1, 0.15) is 11.6 Å². The van der Waals surface area contributed by atoms with Crippen molar-refractivity contribution < 1.29 is 14.3 Å². The SMILES string of the molecule is CCCCc1nc(Cl)c(C(=O)O)n1Cc1csc2ccc(F)c(Cl)c12. The molecule has 8 heteroatoms. The van der Waals surface area contributed by atoms with Crippen LogP contribution >= 0.6 is 34.5 Å². The molecule has 132 valence electrons. The van der Waals surface area contributed by atoms with Gasteiger partial charge in [-0.05, 0) is 29.5 Å². The standard InChI is InChI=1S/C17H15Cl2FN2O2S/c1-2-3-4-12-21-16(19)15(17(23)24)22(12)7-9-8-25-11-6-5-10(20)14(18)13(9)11/h5-6,8H,2-4,7H2,1H3,(H,23,24). The van der Waals surface area contributed by atoms with Gasteiger partial charge in [0.05, 0.1) is 11.6 Å². The molecular weight excluding hydrogens is 386 g/mol. The van der Waals surface area contributed by atoms with Crippen molar-refractivity contribution >= 4 is 50.6 Å². The largest absolute Gasteiger partial charge is 0.476 e. The number of aromatic nitrogens is 2. The number of hydrogen-bond donors (Lipinski definition) is 1. The Hall–Kier alpha value is -1.63. The molecule has 1 N–H and O–H groups in total. The summed E-state index contributed by atoms with van der Waals surface area (Å²) in [6.45, 7) is 2.27. The summed E-state index contributed by atoms with van der Waals surface area (Å²) in [6, 6.07) is 3.00. The van der Waals surface area contributed by atoms with E-state index in [0.29, 0.717) is 17.6 Å². The Bertz CT molecular complexity index is 952. The molecule has 4 nitrogen and oxygen atoms in total. The van der Waals surface area contributed by atoms with E-state index < -0.39 is 11.8 Å². The third-order valence-electron chi connectivity index (χ3n) is 3.99. The maximum Gasteiger partial charge on any atom is 0.355 e. The van der Waals surface area contributed by atoms with E-state index in [1.165, 1.54) is 17.4 Å². The van der Waals surface area contributed by atoms with Gasteiger partial charge in [-0.3, -0.25) is 0 Å². The molecule has 3 aromatic rings. The van der Waals surface area contributed by atoms with E-state index in [0.717, 1.165) is 23.1 Å². The van der Waals surface area contributed by atoms with Crippen LogP contribution in [0.1, 0.15) is 41.6 Å². The number of imidazole rings is 1. The van der Waals surface area contributed by atoms with Crippen LogP contribution in [0.2, 0.25) is 10.2 Å². The summed E-state index contributed by atoms with van der Waals surface area (Å²) in [4.78, 5) is 15.8. The number of benzene rings is 1. The number of thiophene rings is 1. The highest BCUT2D eigenvalue weighted by Crippen LogP contribution is 2.35. The van der Waals surface area contributed by atoms with Crippen LogP contribution in [0.15, 0.2) is 17.5 Å². The molecule has 0 fully saturated rings. The predicted octanol–water partition coefficient (Wildman–Crippen LogP) is 5.63. The van der Waals surface area contributed by atoms with Crippen molar-refractivity contribution in [1.29, 1.82) is 0 Å². The van der Waals surface area contributed by atoms with Crippen LogP contribution in [0, 0.1) is 5.82 Å². The number of aromatic carboxylic acids is 1. The molecule has 0 unspecified atom stereocenters. The average molecular weight is 401 g/mol. The molecule has 0 saturated heterocycles. The second-order valence-electron chi connectivity index (χ2n) is 5.66. The van der Waals surface area contributed by atoms with Crippen molar-refractivity contribution in [2.75, 3.05) is 0 Å². The third-order valence-corrected chi connectivity index (χ3v) is 5.62. The molecule has 0 saturated carbocycles. The van der Waals surface area contributed by atoms with E-state index in [-0.39, 0.29) is 22.4 Å². The highest BCUT2D eigenvalue weighted by Gasteiger charge is 2.23. The fourth-order valence-electron chi connectivity index (χ4n) is 2.78. The summed E-state index contributed by atoms with van der Waals surface area (Å²) in [5, 5.41) is 12.0. The minimum absolute atomic E-state index is 0.0320. The lowest BCUT2D eigenvalue weighted by Crippen LogP contribution is -2.13. The normalized spacial score (nSPS) is 11.4. The van der Waals surface area contributed by atoms with Gasteiger partial charge in [-0.15, -0.1) is 11.3 Å². The average Bonchev–Trinajstić information content (AvgIpc) is 3.11. The monoisotopic (exact) mass is 400 g/mol. The lowest BCUT2D eigenvalue weighted by atomic mass is 10.1. The zero-order valence-electron chi connectivity index (χ0n) is 13.4. The summed E-state index contributed by atoms with van der Waals surface area (Å²) in [7, 11) is 0. The van der Waals surface area contributed by atoms with Crippen molar-refractivity contribution in [2.24, 2.45) is 0 Å².